The molecule has 0 aliphatic heterocycles. The van der Waals surface area contributed by atoms with Gasteiger partial charge in [-0.1, -0.05) is 0 Å². The minimum Gasteiger partial charge on any atom is -0.412 e. The topological polar surface area (TPSA) is 72.0 Å². The average Bonchev–Trinajstić information content (AvgIpc) is 1.50. The fourth-order valence-electron chi connectivity index (χ4n) is 0. The molecule has 0 spiro atoms. The standard InChI is InChI=1S/2CH4O.H2O.Y/c2*1-2;;/h2*2H,1H3;1H2;. The zero-order chi connectivity index (χ0) is 4.00. The minimum atomic E-state index is 0. The van der Waals surface area contributed by atoms with Gasteiger partial charge < -0.3 is 15.7 Å². The maximum Gasteiger partial charge on any atom is 0.0319 e. The third-order valence-corrected chi connectivity index (χ3v) is 0. The van der Waals surface area contributed by atoms with Crippen LogP contribution in [0.1, 0.15) is 0 Å². The maximum absolute atomic E-state index is 7.00. The van der Waals surface area contributed by atoms with Crippen LogP contribution < -0.4 is 0 Å². The van der Waals surface area contributed by atoms with Gasteiger partial charge in [-0.3, -0.25) is 0 Å². The van der Waals surface area contributed by atoms with E-state index in [1.807, 2.05) is 0 Å². The molecule has 0 bridgehead atoms. The Bertz CT molecular complexity index is 8.75. The number of hydrogen-bond donors (Lipinski definition) is 2. The van der Waals surface area contributed by atoms with Crippen LogP contribution in [0.4, 0.5) is 0 Å². The van der Waals surface area contributed by atoms with Crippen LogP contribution in [0.3, 0.4) is 0 Å². The van der Waals surface area contributed by atoms with E-state index >= 15 is 0 Å². The summed E-state index contributed by atoms with van der Waals surface area (Å²) in [4.78, 5) is 0. The van der Waals surface area contributed by atoms with E-state index in [0.29, 0.717) is 0 Å². The SMILES string of the molecule is CO.CO.O.[Y]. The van der Waals surface area contributed by atoms with E-state index in [-0.39, 0.29) is 38.2 Å². The fourth-order valence-corrected chi connectivity index (χ4v) is 0. The minimum absolute atomic E-state index is 0. The van der Waals surface area contributed by atoms with Gasteiger partial charge in [0.1, 0.15) is 0 Å². The summed E-state index contributed by atoms with van der Waals surface area (Å²) in [5.41, 5.74) is 0. The van der Waals surface area contributed by atoms with Gasteiger partial charge in [0.15, 0.2) is 0 Å². The molecule has 0 amide bonds. The molecule has 6 heavy (non-hydrogen) atoms. The first-order chi connectivity index (χ1) is 2.00. The molecule has 0 atom stereocenters. The molecule has 1 radical (unpaired) electrons. The van der Waals surface area contributed by atoms with E-state index in [1.54, 1.807) is 0 Å². The van der Waals surface area contributed by atoms with Gasteiger partial charge in [0.05, 0.1) is 0 Å². The second-order valence-electron chi connectivity index (χ2n) is 0. The van der Waals surface area contributed by atoms with E-state index in [4.69, 9.17) is 10.2 Å². The van der Waals surface area contributed by atoms with Crippen molar-refractivity contribution in [1.29, 1.82) is 0 Å². The van der Waals surface area contributed by atoms with Crippen LogP contribution in [0.2, 0.25) is 0 Å². The van der Waals surface area contributed by atoms with Crippen molar-refractivity contribution < 1.29 is 48.4 Å². The van der Waals surface area contributed by atoms with Gasteiger partial charge in [-0.2, -0.15) is 0 Å². The summed E-state index contributed by atoms with van der Waals surface area (Å²) in [7, 11) is 2.00. The molecule has 0 heterocycles. The Hall–Kier alpha value is 0.984. The zero-order valence-electron chi connectivity index (χ0n) is 3.97. The van der Waals surface area contributed by atoms with Crippen molar-refractivity contribution in [2.45, 2.75) is 0 Å². The molecule has 0 aromatic carbocycles. The average molecular weight is 171 g/mol. The molecule has 0 aromatic heterocycles. The van der Waals surface area contributed by atoms with Crippen molar-refractivity contribution in [1.82, 2.24) is 0 Å². The summed E-state index contributed by atoms with van der Waals surface area (Å²) >= 11 is 0. The van der Waals surface area contributed by atoms with E-state index in [9.17, 15) is 0 Å². The van der Waals surface area contributed by atoms with Gasteiger partial charge in [0.2, 0.25) is 0 Å². The van der Waals surface area contributed by atoms with Gasteiger partial charge in [-0.15, -0.1) is 0 Å². The molecule has 0 rings (SSSR count). The first-order valence-electron chi connectivity index (χ1n) is 0.894. The Kier molecular flexibility index (Phi) is 719. The molecule has 0 aromatic rings. The summed E-state index contributed by atoms with van der Waals surface area (Å²) < 4.78 is 0. The van der Waals surface area contributed by atoms with Crippen LogP contribution in [0.25, 0.3) is 0 Å². The molecule has 0 aliphatic carbocycles. The number of aliphatic hydroxyl groups excluding tert-OH is 2. The monoisotopic (exact) mass is 171 g/mol. The third kappa shape index (κ3) is 81.7. The Morgan fingerprint density at radius 2 is 0.833 bits per heavy atom. The van der Waals surface area contributed by atoms with E-state index in [2.05, 4.69) is 0 Å². The van der Waals surface area contributed by atoms with Crippen molar-refractivity contribution in [2.24, 2.45) is 0 Å². The van der Waals surface area contributed by atoms with Crippen LogP contribution >= 0.6 is 0 Å². The van der Waals surface area contributed by atoms with E-state index < -0.39 is 0 Å². The van der Waals surface area contributed by atoms with Gasteiger partial charge in [0, 0.05) is 46.9 Å². The smallest absolute Gasteiger partial charge is 0.0319 e. The second kappa shape index (κ2) is 154. The predicted octanol–water partition coefficient (Wildman–Crippen LogP) is -1.61. The van der Waals surface area contributed by atoms with E-state index in [1.165, 1.54) is 0 Å². The molecule has 3 nitrogen and oxygen atoms in total. The maximum atomic E-state index is 7.00. The molecule has 39 valence electrons. The number of rotatable bonds is 0. The molecular formula is C2H10O3Y. The van der Waals surface area contributed by atoms with Gasteiger partial charge in [0.25, 0.3) is 0 Å². The molecule has 0 aliphatic rings. The van der Waals surface area contributed by atoms with Crippen LogP contribution in [0.15, 0.2) is 0 Å². The summed E-state index contributed by atoms with van der Waals surface area (Å²) in [6, 6.07) is 0. The van der Waals surface area contributed by atoms with Gasteiger partial charge in [-0.05, 0) is 0 Å². The van der Waals surface area contributed by atoms with E-state index in [0.717, 1.165) is 14.2 Å². The Morgan fingerprint density at radius 3 is 0.833 bits per heavy atom. The fraction of sp³-hybridized carbons (Fsp3) is 1.00. The first kappa shape index (κ1) is 28.1. The van der Waals surface area contributed by atoms with Crippen LogP contribution in [-0.2, 0) is 32.7 Å². The van der Waals surface area contributed by atoms with Crippen LogP contribution in [-0.4, -0.2) is 29.9 Å². The molecule has 0 unspecified atom stereocenters. The number of aliphatic hydroxyl groups is 2. The van der Waals surface area contributed by atoms with Crippen molar-refractivity contribution >= 4 is 0 Å². The van der Waals surface area contributed by atoms with Crippen molar-refractivity contribution in [3.8, 4) is 0 Å². The molecule has 4 N–H and O–H groups in total. The largest absolute Gasteiger partial charge is 0.412 e. The van der Waals surface area contributed by atoms with Crippen LogP contribution in [0, 0.1) is 0 Å². The van der Waals surface area contributed by atoms with Gasteiger partial charge >= 0.3 is 0 Å². The third-order valence-electron chi connectivity index (χ3n) is 0. The summed E-state index contributed by atoms with van der Waals surface area (Å²) in [5.74, 6) is 0. The van der Waals surface area contributed by atoms with Crippen molar-refractivity contribution in [2.75, 3.05) is 14.2 Å². The molecule has 0 saturated carbocycles. The van der Waals surface area contributed by atoms with Crippen molar-refractivity contribution in [3.63, 3.8) is 0 Å². The first-order valence-corrected chi connectivity index (χ1v) is 0.894. The Morgan fingerprint density at radius 1 is 0.833 bits per heavy atom. The normalized spacial score (nSPS) is 2.00. The zero-order valence-corrected chi connectivity index (χ0v) is 6.81. The summed E-state index contributed by atoms with van der Waals surface area (Å²) in [6.45, 7) is 0. The Balaban J connectivity index is -0.00000000500. The van der Waals surface area contributed by atoms with Gasteiger partial charge in [-0.25, -0.2) is 0 Å². The van der Waals surface area contributed by atoms with Crippen LogP contribution in [0.5, 0.6) is 0 Å². The number of hydrogen-bond acceptors (Lipinski definition) is 2. The molecule has 0 saturated heterocycles. The molecular weight excluding hydrogens is 161 g/mol. The second-order valence-corrected chi connectivity index (χ2v) is 0. The molecule has 4 heteroatoms. The summed E-state index contributed by atoms with van der Waals surface area (Å²) in [5, 5.41) is 14.0. The predicted molar refractivity (Wildman–Crippen MR) is 19.9 cm³/mol. The Labute approximate surface area is 62.6 Å². The molecule has 0 fully saturated rings. The quantitative estimate of drug-likeness (QED) is 0.460. The summed E-state index contributed by atoms with van der Waals surface area (Å²) in [6.07, 6.45) is 0. The van der Waals surface area contributed by atoms with Crippen molar-refractivity contribution in [3.05, 3.63) is 0 Å².